The van der Waals surface area contributed by atoms with E-state index in [1.54, 1.807) is 0 Å². The molecule has 2 aromatic heterocycles. The second-order valence-corrected chi connectivity index (χ2v) is 6.11. The van der Waals surface area contributed by atoms with Crippen LogP contribution in [0.2, 0.25) is 0 Å². The number of morpholine rings is 1. The highest BCUT2D eigenvalue weighted by Gasteiger charge is 2.22. The fourth-order valence-corrected chi connectivity index (χ4v) is 3.48. The van der Waals surface area contributed by atoms with Gasteiger partial charge in [-0.25, -0.2) is 0 Å². The number of rotatable bonds is 6. The van der Waals surface area contributed by atoms with Gasteiger partial charge in [0.25, 0.3) is 0 Å². The molecule has 2 aromatic rings. The normalized spacial score (nSPS) is 17.7. The summed E-state index contributed by atoms with van der Waals surface area (Å²) in [7, 11) is 0. The zero-order chi connectivity index (χ0) is 14.3. The third kappa shape index (κ3) is 4.11. The predicted octanol–water partition coefficient (Wildman–Crippen LogP) is 2.31. The van der Waals surface area contributed by atoms with E-state index in [0.29, 0.717) is 6.04 Å². The fraction of sp³-hybridized carbons (Fsp3) is 0.438. The van der Waals surface area contributed by atoms with E-state index < -0.39 is 0 Å². The molecule has 0 bridgehead atoms. The standard InChI is InChI=1S/C16H21N3OS/c1-2-6-18-14(4-1)12-17-13-15(16-5-3-11-21-16)19-7-9-20-10-8-19/h1-6,11,15,17H,7-10,12-13H2. The van der Waals surface area contributed by atoms with Crippen LogP contribution in [0.4, 0.5) is 0 Å². The van der Waals surface area contributed by atoms with E-state index in [2.05, 4.69) is 38.8 Å². The minimum absolute atomic E-state index is 0.428. The van der Waals surface area contributed by atoms with Crippen LogP contribution in [-0.2, 0) is 11.3 Å². The van der Waals surface area contributed by atoms with Crippen LogP contribution in [0, 0.1) is 0 Å². The third-order valence-electron chi connectivity index (χ3n) is 3.73. The molecule has 3 heterocycles. The summed E-state index contributed by atoms with van der Waals surface area (Å²) in [5.41, 5.74) is 1.09. The van der Waals surface area contributed by atoms with Crippen LogP contribution >= 0.6 is 11.3 Å². The van der Waals surface area contributed by atoms with Gasteiger partial charge >= 0.3 is 0 Å². The molecule has 1 atom stereocenters. The molecule has 1 aliphatic heterocycles. The molecule has 0 aromatic carbocycles. The summed E-state index contributed by atoms with van der Waals surface area (Å²) in [6, 6.07) is 10.8. The van der Waals surface area contributed by atoms with Crippen molar-refractivity contribution in [3.8, 4) is 0 Å². The molecule has 1 saturated heterocycles. The van der Waals surface area contributed by atoms with E-state index >= 15 is 0 Å². The molecule has 4 nitrogen and oxygen atoms in total. The Morgan fingerprint density at radius 1 is 1.24 bits per heavy atom. The quantitative estimate of drug-likeness (QED) is 0.888. The van der Waals surface area contributed by atoms with Crippen molar-refractivity contribution in [3.05, 3.63) is 52.5 Å². The molecule has 112 valence electrons. The molecule has 5 heteroatoms. The molecule has 0 amide bonds. The third-order valence-corrected chi connectivity index (χ3v) is 4.70. The van der Waals surface area contributed by atoms with Crippen LogP contribution < -0.4 is 5.32 Å². The van der Waals surface area contributed by atoms with Crippen molar-refractivity contribution in [2.24, 2.45) is 0 Å². The SMILES string of the molecule is c1ccc(CNCC(c2cccs2)N2CCOCC2)nc1. The lowest BCUT2D eigenvalue weighted by Crippen LogP contribution is -2.42. The number of aromatic nitrogens is 1. The van der Waals surface area contributed by atoms with E-state index in [1.165, 1.54) is 4.88 Å². The molecule has 0 spiro atoms. The molecular formula is C16H21N3OS. The van der Waals surface area contributed by atoms with Gasteiger partial charge in [0.2, 0.25) is 0 Å². The van der Waals surface area contributed by atoms with Gasteiger partial charge in [-0.15, -0.1) is 11.3 Å². The van der Waals surface area contributed by atoms with Crippen molar-refractivity contribution < 1.29 is 4.74 Å². The van der Waals surface area contributed by atoms with Crippen molar-refractivity contribution in [2.45, 2.75) is 12.6 Å². The smallest absolute Gasteiger partial charge is 0.0594 e. The Balaban J connectivity index is 1.59. The molecule has 21 heavy (non-hydrogen) atoms. The van der Waals surface area contributed by atoms with Gasteiger partial charge in [0.05, 0.1) is 24.9 Å². The van der Waals surface area contributed by atoms with Gasteiger partial charge in [0, 0.05) is 37.3 Å². The number of nitrogens with one attached hydrogen (secondary N) is 1. The molecule has 1 aliphatic rings. The van der Waals surface area contributed by atoms with Crippen LogP contribution in [0.5, 0.6) is 0 Å². The molecule has 0 aliphatic carbocycles. The van der Waals surface area contributed by atoms with E-state index in [9.17, 15) is 0 Å². The van der Waals surface area contributed by atoms with E-state index in [1.807, 2.05) is 29.7 Å². The predicted molar refractivity (Wildman–Crippen MR) is 85.4 cm³/mol. The highest BCUT2D eigenvalue weighted by molar-refractivity contribution is 7.10. The van der Waals surface area contributed by atoms with Crippen molar-refractivity contribution in [2.75, 3.05) is 32.8 Å². The topological polar surface area (TPSA) is 37.4 Å². The van der Waals surface area contributed by atoms with Gasteiger partial charge in [0.1, 0.15) is 0 Å². The Hall–Kier alpha value is -1.27. The molecule has 0 saturated carbocycles. The maximum absolute atomic E-state index is 5.47. The molecule has 0 radical (unpaired) electrons. The Labute approximate surface area is 129 Å². The summed E-state index contributed by atoms with van der Waals surface area (Å²) >= 11 is 1.83. The van der Waals surface area contributed by atoms with Gasteiger partial charge < -0.3 is 10.1 Å². The molecule has 1 fully saturated rings. The summed E-state index contributed by atoms with van der Waals surface area (Å²) < 4.78 is 5.47. The minimum atomic E-state index is 0.428. The average Bonchev–Trinajstić information content (AvgIpc) is 3.07. The van der Waals surface area contributed by atoms with Crippen molar-refractivity contribution in [1.29, 1.82) is 0 Å². The number of ether oxygens (including phenoxy) is 1. The lowest BCUT2D eigenvalue weighted by molar-refractivity contribution is 0.0168. The second-order valence-electron chi connectivity index (χ2n) is 5.13. The van der Waals surface area contributed by atoms with Crippen LogP contribution in [0.15, 0.2) is 41.9 Å². The highest BCUT2D eigenvalue weighted by atomic mass is 32.1. The number of nitrogens with zero attached hydrogens (tertiary/aromatic N) is 2. The van der Waals surface area contributed by atoms with Crippen LogP contribution in [0.3, 0.4) is 0 Å². The first kappa shape index (κ1) is 14.7. The summed E-state index contributed by atoms with van der Waals surface area (Å²) in [6.07, 6.45) is 1.84. The van der Waals surface area contributed by atoms with Crippen molar-refractivity contribution >= 4 is 11.3 Å². The Bertz CT molecular complexity index is 512. The summed E-state index contributed by atoms with van der Waals surface area (Å²) in [5, 5.41) is 5.70. The summed E-state index contributed by atoms with van der Waals surface area (Å²) in [4.78, 5) is 8.29. The lowest BCUT2D eigenvalue weighted by atomic mass is 10.2. The summed E-state index contributed by atoms with van der Waals surface area (Å²) in [5.74, 6) is 0. The molecule has 1 unspecified atom stereocenters. The average molecular weight is 303 g/mol. The van der Waals surface area contributed by atoms with Crippen molar-refractivity contribution in [3.63, 3.8) is 0 Å². The maximum atomic E-state index is 5.47. The zero-order valence-electron chi connectivity index (χ0n) is 12.1. The van der Waals surface area contributed by atoms with Gasteiger partial charge in [-0.05, 0) is 23.6 Å². The monoisotopic (exact) mass is 303 g/mol. The van der Waals surface area contributed by atoms with Crippen molar-refractivity contribution in [1.82, 2.24) is 15.2 Å². The number of hydrogen-bond donors (Lipinski definition) is 1. The fourth-order valence-electron chi connectivity index (χ4n) is 2.62. The minimum Gasteiger partial charge on any atom is -0.379 e. The highest BCUT2D eigenvalue weighted by Crippen LogP contribution is 2.25. The van der Waals surface area contributed by atoms with E-state index in [4.69, 9.17) is 4.74 Å². The molecular weight excluding hydrogens is 282 g/mol. The Kier molecular flexibility index (Phi) is 5.34. The van der Waals surface area contributed by atoms with E-state index in [0.717, 1.165) is 45.1 Å². The van der Waals surface area contributed by atoms with Gasteiger partial charge in [-0.2, -0.15) is 0 Å². The first-order valence-corrected chi connectivity index (χ1v) is 8.27. The number of hydrogen-bond acceptors (Lipinski definition) is 5. The van der Waals surface area contributed by atoms with Crippen LogP contribution in [0.1, 0.15) is 16.6 Å². The van der Waals surface area contributed by atoms with Crippen LogP contribution in [-0.4, -0.2) is 42.7 Å². The van der Waals surface area contributed by atoms with Gasteiger partial charge in [0.15, 0.2) is 0 Å². The number of thiophene rings is 1. The molecule has 3 rings (SSSR count). The summed E-state index contributed by atoms with van der Waals surface area (Å²) in [6.45, 7) is 5.44. The second kappa shape index (κ2) is 7.66. The zero-order valence-corrected chi connectivity index (χ0v) is 12.9. The number of pyridine rings is 1. The lowest BCUT2D eigenvalue weighted by Gasteiger charge is -2.34. The van der Waals surface area contributed by atoms with E-state index in [-0.39, 0.29) is 0 Å². The van der Waals surface area contributed by atoms with Gasteiger partial charge in [-0.1, -0.05) is 12.1 Å². The maximum Gasteiger partial charge on any atom is 0.0594 e. The van der Waals surface area contributed by atoms with Crippen LogP contribution in [0.25, 0.3) is 0 Å². The molecule has 1 N–H and O–H groups in total. The Morgan fingerprint density at radius 2 is 2.14 bits per heavy atom. The first-order chi connectivity index (χ1) is 10.4. The largest absolute Gasteiger partial charge is 0.379 e. The van der Waals surface area contributed by atoms with Gasteiger partial charge in [-0.3, -0.25) is 9.88 Å². The Morgan fingerprint density at radius 3 is 2.86 bits per heavy atom. The first-order valence-electron chi connectivity index (χ1n) is 7.39.